The summed E-state index contributed by atoms with van der Waals surface area (Å²) in [6, 6.07) is 3.75. The molecular weight excluding hydrogens is 364 g/mol. The Morgan fingerprint density at radius 1 is 1.26 bits per heavy atom. The molecule has 2 aliphatic heterocycles. The van der Waals surface area contributed by atoms with Crippen molar-refractivity contribution < 1.29 is 13.5 Å². The molecule has 1 saturated heterocycles. The molecule has 2 nitrogen and oxygen atoms in total. The van der Waals surface area contributed by atoms with Crippen LogP contribution in [-0.4, -0.2) is 25.5 Å². The van der Waals surface area contributed by atoms with Gasteiger partial charge in [0.2, 0.25) is 0 Å². The van der Waals surface area contributed by atoms with Crippen LogP contribution in [0.4, 0.5) is 8.78 Å². The van der Waals surface area contributed by atoms with Gasteiger partial charge in [0.25, 0.3) is 0 Å². The number of aliphatic imine (C=N–C) groups is 1. The molecule has 0 aliphatic carbocycles. The summed E-state index contributed by atoms with van der Waals surface area (Å²) in [6.45, 7) is 3.91. The van der Waals surface area contributed by atoms with Crippen LogP contribution < -0.4 is 0 Å². The molecule has 0 spiro atoms. The van der Waals surface area contributed by atoms with Crippen LogP contribution in [0.25, 0.3) is 0 Å². The van der Waals surface area contributed by atoms with Crippen molar-refractivity contribution in [1.82, 2.24) is 0 Å². The molecule has 5 heteroatoms. The van der Waals surface area contributed by atoms with Crippen LogP contribution in [-0.2, 0) is 4.74 Å². The third-order valence-corrected chi connectivity index (χ3v) is 5.64. The number of allylic oxidation sites excluding steroid dienone is 1. The van der Waals surface area contributed by atoms with Crippen molar-refractivity contribution in [2.75, 3.05) is 19.8 Å². The molecule has 0 radical (unpaired) electrons. The summed E-state index contributed by atoms with van der Waals surface area (Å²) >= 11 is 3.53. The first-order valence-corrected chi connectivity index (χ1v) is 8.77. The molecule has 2 heterocycles. The Labute approximate surface area is 143 Å². The minimum atomic E-state index is -0.392. The summed E-state index contributed by atoms with van der Waals surface area (Å²) in [4.78, 5) is 4.54. The average molecular weight is 384 g/mol. The van der Waals surface area contributed by atoms with Gasteiger partial charge in [-0.25, -0.2) is 8.78 Å². The van der Waals surface area contributed by atoms with E-state index in [0.29, 0.717) is 25.3 Å². The molecule has 2 unspecified atom stereocenters. The molecule has 2 aliphatic rings. The van der Waals surface area contributed by atoms with Crippen LogP contribution in [0.15, 0.2) is 33.7 Å². The Kier molecular flexibility index (Phi) is 5.27. The standard InChI is InChI=1S/C18H20BrF2NO/c1-11-16(19)8-13(10-22-11)18(12-4-6-23-7-5-12)15-9-14(20)2-3-17(15)21/h2-3,8-9,12-13,18H,4-7,10H2,1H3. The van der Waals surface area contributed by atoms with Gasteiger partial charge in [-0.3, -0.25) is 4.99 Å². The van der Waals surface area contributed by atoms with Crippen LogP contribution in [0, 0.1) is 23.5 Å². The van der Waals surface area contributed by atoms with Crippen LogP contribution in [0.5, 0.6) is 0 Å². The lowest BCUT2D eigenvalue weighted by molar-refractivity contribution is 0.0526. The smallest absolute Gasteiger partial charge is 0.126 e. The molecular formula is C18H20BrF2NO. The van der Waals surface area contributed by atoms with Crippen molar-refractivity contribution in [3.8, 4) is 0 Å². The van der Waals surface area contributed by atoms with Gasteiger partial charge in [-0.2, -0.15) is 0 Å². The van der Waals surface area contributed by atoms with Gasteiger partial charge in [-0.05, 0) is 71.3 Å². The number of hydrogen-bond acceptors (Lipinski definition) is 2. The van der Waals surface area contributed by atoms with Crippen LogP contribution in [0.1, 0.15) is 31.2 Å². The van der Waals surface area contributed by atoms with Gasteiger partial charge in [0.1, 0.15) is 11.6 Å². The molecule has 124 valence electrons. The quantitative estimate of drug-likeness (QED) is 0.731. The van der Waals surface area contributed by atoms with E-state index in [2.05, 4.69) is 27.0 Å². The molecule has 1 aromatic carbocycles. The topological polar surface area (TPSA) is 21.6 Å². The lowest BCUT2D eigenvalue weighted by atomic mass is 9.73. The van der Waals surface area contributed by atoms with E-state index >= 15 is 0 Å². The molecule has 0 saturated carbocycles. The maximum absolute atomic E-state index is 14.4. The monoisotopic (exact) mass is 383 g/mol. The zero-order valence-corrected chi connectivity index (χ0v) is 14.7. The summed E-state index contributed by atoms with van der Waals surface area (Å²) < 4.78 is 34.6. The van der Waals surface area contributed by atoms with Crippen LogP contribution in [0.3, 0.4) is 0 Å². The second-order valence-corrected chi connectivity index (χ2v) is 7.10. The van der Waals surface area contributed by atoms with E-state index in [1.54, 1.807) is 0 Å². The van der Waals surface area contributed by atoms with E-state index < -0.39 is 5.82 Å². The van der Waals surface area contributed by atoms with Gasteiger partial charge in [0.15, 0.2) is 0 Å². The summed E-state index contributed by atoms with van der Waals surface area (Å²) in [6.07, 6.45) is 3.84. The maximum Gasteiger partial charge on any atom is 0.126 e. The van der Waals surface area contributed by atoms with Gasteiger partial charge >= 0.3 is 0 Å². The van der Waals surface area contributed by atoms with Crippen molar-refractivity contribution >= 4 is 21.6 Å². The van der Waals surface area contributed by atoms with Crippen molar-refractivity contribution in [2.24, 2.45) is 16.8 Å². The summed E-state index contributed by atoms with van der Waals surface area (Å²) in [5.74, 6) is -0.475. The number of halogens is 3. The van der Waals surface area contributed by atoms with Gasteiger partial charge in [0.05, 0.1) is 0 Å². The molecule has 0 aromatic heterocycles. The summed E-state index contributed by atoms with van der Waals surface area (Å²) in [7, 11) is 0. The van der Waals surface area contributed by atoms with Gasteiger partial charge in [-0.15, -0.1) is 0 Å². The fraction of sp³-hybridized carbons (Fsp3) is 0.500. The first kappa shape index (κ1) is 16.8. The van der Waals surface area contributed by atoms with Crippen molar-refractivity contribution in [2.45, 2.75) is 25.7 Å². The molecule has 23 heavy (non-hydrogen) atoms. The minimum Gasteiger partial charge on any atom is -0.381 e. The predicted octanol–water partition coefficient (Wildman–Crippen LogP) is 4.84. The Balaban J connectivity index is 1.98. The lowest BCUT2D eigenvalue weighted by Crippen LogP contribution is -2.30. The largest absolute Gasteiger partial charge is 0.381 e. The zero-order chi connectivity index (χ0) is 16.4. The third-order valence-electron chi connectivity index (χ3n) is 4.80. The predicted molar refractivity (Wildman–Crippen MR) is 91.1 cm³/mol. The number of dihydropyridines is 1. The highest BCUT2D eigenvalue weighted by molar-refractivity contribution is 9.12. The molecule has 2 atom stereocenters. The molecule has 3 rings (SSSR count). The SMILES string of the molecule is CC1=NCC(C(c2cc(F)ccc2F)C2CCOCC2)C=C1Br. The molecule has 0 N–H and O–H groups in total. The molecule has 0 amide bonds. The number of rotatable bonds is 3. The Morgan fingerprint density at radius 3 is 2.70 bits per heavy atom. The van der Waals surface area contributed by atoms with Crippen LogP contribution in [0.2, 0.25) is 0 Å². The normalized spacial score (nSPS) is 24.1. The van der Waals surface area contributed by atoms with Gasteiger partial charge < -0.3 is 4.74 Å². The molecule has 1 fully saturated rings. The average Bonchev–Trinajstić information content (AvgIpc) is 2.55. The van der Waals surface area contributed by atoms with Crippen molar-refractivity contribution in [3.63, 3.8) is 0 Å². The first-order chi connectivity index (χ1) is 11.1. The van der Waals surface area contributed by atoms with Crippen LogP contribution >= 0.6 is 15.9 Å². The van der Waals surface area contributed by atoms with E-state index in [1.807, 2.05) is 6.92 Å². The van der Waals surface area contributed by atoms with E-state index in [4.69, 9.17) is 4.74 Å². The van der Waals surface area contributed by atoms with Crippen molar-refractivity contribution in [1.29, 1.82) is 0 Å². The summed E-state index contributed by atoms with van der Waals surface area (Å²) in [5, 5.41) is 0. The highest BCUT2D eigenvalue weighted by Gasteiger charge is 2.34. The van der Waals surface area contributed by atoms with E-state index in [9.17, 15) is 8.78 Å². The first-order valence-electron chi connectivity index (χ1n) is 7.97. The number of hydrogen-bond donors (Lipinski definition) is 0. The van der Waals surface area contributed by atoms with Gasteiger partial charge in [-0.1, -0.05) is 6.08 Å². The van der Waals surface area contributed by atoms with Crippen molar-refractivity contribution in [3.05, 3.63) is 46.0 Å². The third kappa shape index (κ3) is 3.72. The Hall–Kier alpha value is -1.07. The second kappa shape index (κ2) is 7.22. The second-order valence-electron chi connectivity index (χ2n) is 6.25. The van der Waals surface area contributed by atoms with Gasteiger partial charge in [0, 0.05) is 35.9 Å². The molecule has 0 bridgehead atoms. The zero-order valence-electron chi connectivity index (χ0n) is 13.1. The van der Waals surface area contributed by atoms with E-state index in [-0.39, 0.29) is 23.6 Å². The number of ether oxygens (including phenoxy) is 1. The lowest BCUT2D eigenvalue weighted by Gasteiger charge is -2.36. The fourth-order valence-electron chi connectivity index (χ4n) is 3.58. The van der Waals surface area contributed by atoms with E-state index in [0.717, 1.165) is 23.0 Å². The highest BCUT2D eigenvalue weighted by Crippen LogP contribution is 2.41. The molecule has 1 aromatic rings. The number of nitrogens with zero attached hydrogens (tertiary/aromatic N) is 1. The fourth-order valence-corrected chi connectivity index (χ4v) is 4.04. The number of benzene rings is 1. The minimum absolute atomic E-state index is 0.0625. The highest BCUT2D eigenvalue weighted by atomic mass is 79.9. The Bertz CT molecular complexity index is 638. The maximum atomic E-state index is 14.4. The summed E-state index contributed by atoms with van der Waals surface area (Å²) in [5.41, 5.74) is 1.42. The van der Waals surface area contributed by atoms with E-state index in [1.165, 1.54) is 18.2 Å². The Morgan fingerprint density at radius 2 is 2.00 bits per heavy atom.